The van der Waals surface area contributed by atoms with E-state index in [2.05, 4.69) is 68.5 Å². The highest BCUT2D eigenvalue weighted by atomic mass is 14.3. The monoisotopic (exact) mass is 243 g/mol. The van der Waals surface area contributed by atoms with Gasteiger partial charge in [-0.1, -0.05) is 50.3 Å². The SMILES string of the molecule is CC1(C)C=CC=c2cc3c(cc21)=Cc1ccc[c]c1-3. The van der Waals surface area contributed by atoms with Crippen LogP contribution in [-0.2, 0) is 5.41 Å². The highest BCUT2D eigenvalue weighted by molar-refractivity contribution is 5.83. The fourth-order valence-electron chi connectivity index (χ4n) is 3.12. The Morgan fingerprint density at radius 2 is 2.00 bits per heavy atom. The van der Waals surface area contributed by atoms with E-state index in [-0.39, 0.29) is 5.41 Å². The summed E-state index contributed by atoms with van der Waals surface area (Å²) in [5, 5.41) is 2.66. The number of rotatable bonds is 0. The van der Waals surface area contributed by atoms with E-state index in [9.17, 15) is 0 Å². The molecule has 4 rings (SSSR count). The topological polar surface area (TPSA) is 0 Å². The molecule has 0 saturated heterocycles. The Balaban J connectivity index is 2.09. The van der Waals surface area contributed by atoms with Gasteiger partial charge in [-0.2, -0.15) is 0 Å². The molecular formula is C19H15. The molecule has 0 spiro atoms. The number of hydrogen-bond donors (Lipinski definition) is 0. The van der Waals surface area contributed by atoms with E-state index in [0.29, 0.717) is 0 Å². The van der Waals surface area contributed by atoms with Crippen molar-refractivity contribution in [2.45, 2.75) is 19.3 Å². The van der Waals surface area contributed by atoms with E-state index in [0.717, 1.165) is 0 Å². The number of hydrogen-bond acceptors (Lipinski definition) is 0. The maximum absolute atomic E-state index is 3.37. The minimum atomic E-state index is 0.117. The molecule has 0 N–H and O–H groups in total. The first-order chi connectivity index (χ1) is 9.15. The first-order valence-electron chi connectivity index (χ1n) is 6.72. The van der Waals surface area contributed by atoms with E-state index >= 15 is 0 Å². The highest BCUT2D eigenvalue weighted by Crippen LogP contribution is 2.28. The molecule has 0 aliphatic heterocycles. The lowest BCUT2D eigenvalue weighted by Gasteiger charge is -2.24. The second kappa shape index (κ2) is 3.48. The molecule has 0 atom stereocenters. The quantitative estimate of drug-likeness (QED) is 0.569. The molecule has 91 valence electrons. The van der Waals surface area contributed by atoms with E-state index in [1.807, 2.05) is 6.07 Å². The van der Waals surface area contributed by atoms with Crippen LogP contribution in [0.4, 0.5) is 0 Å². The van der Waals surface area contributed by atoms with Gasteiger partial charge in [0, 0.05) is 5.41 Å². The Labute approximate surface area is 113 Å². The molecule has 2 aromatic carbocycles. The zero-order valence-corrected chi connectivity index (χ0v) is 11.2. The van der Waals surface area contributed by atoms with Crippen LogP contribution >= 0.6 is 0 Å². The number of benzene rings is 2. The number of fused-ring (bicyclic) bond motifs is 4. The summed E-state index contributed by atoms with van der Waals surface area (Å²) in [6.07, 6.45) is 8.93. The second-order valence-corrected chi connectivity index (χ2v) is 5.92. The van der Waals surface area contributed by atoms with Crippen LogP contribution in [0.5, 0.6) is 0 Å². The predicted molar refractivity (Wildman–Crippen MR) is 80.2 cm³/mol. The van der Waals surface area contributed by atoms with Crippen molar-refractivity contribution >= 4 is 12.2 Å². The van der Waals surface area contributed by atoms with Gasteiger partial charge in [-0.3, -0.25) is 0 Å². The van der Waals surface area contributed by atoms with Crippen molar-refractivity contribution in [1.29, 1.82) is 0 Å². The standard InChI is InChI=1S/C19H15/c1-19(2)9-5-7-14-11-17-15(12-18(14)19)10-13-6-3-4-8-16(13)17/h3-7,9-12H,1-2H3. The van der Waals surface area contributed by atoms with Crippen LogP contribution in [0.15, 0.2) is 42.5 Å². The van der Waals surface area contributed by atoms with Gasteiger partial charge in [0.1, 0.15) is 0 Å². The van der Waals surface area contributed by atoms with Crippen molar-refractivity contribution in [3.05, 3.63) is 70.1 Å². The normalized spacial score (nSPS) is 16.9. The van der Waals surface area contributed by atoms with E-state index in [4.69, 9.17) is 0 Å². The Morgan fingerprint density at radius 1 is 1.11 bits per heavy atom. The average molecular weight is 243 g/mol. The van der Waals surface area contributed by atoms with Gasteiger partial charge >= 0.3 is 0 Å². The van der Waals surface area contributed by atoms with Crippen molar-refractivity contribution in [3.63, 3.8) is 0 Å². The average Bonchev–Trinajstić information content (AvgIpc) is 2.75. The van der Waals surface area contributed by atoms with Crippen LogP contribution in [0.1, 0.15) is 25.0 Å². The molecule has 0 bridgehead atoms. The molecule has 0 fully saturated rings. The van der Waals surface area contributed by atoms with Gasteiger partial charge in [0.05, 0.1) is 0 Å². The van der Waals surface area contributed by atoms with Crippen LogP contribution in [-0.4, -0.2) is 0 Å². The highest BCUT2D eigenvalue weighted by Gasteiger charge is 2.22. The number of allylic oxidation sites excluding steroid dienone is 2. The smallest absolute Gasteiger partial charge is 0.00845 e. The molecule has 0 unspecified atom stereocenters. The first kappa shape index (κ1) is 10.8. The molecule has 1 radical (unpaired) electrons. The molecule has 2 aromatic rings. The summed E-state index contributed by atoms with van der Waals surface area (Å²) in [6.45, 7) is 4.55. The lowest BCUT2D eigenvalue weighted by atomic mass is 9.80. The van der Waals surface area contributed by atoms with E-state index < -0.39 is 0 Å². The summed E-state index contributed by atoms with van der Waals surface area (Å²) in [5.74, 6) is 0. The summed E-state index contributed by atoms with van der Waals surface area (Å²) < 4.78 is 0. The zero-order valence-electron chi connectivity index (χ0n) is 11.2. The molecule has 19 heavy (non-hydrogen) atoms. The summed E-state index contributed by atoms with van der Waals surface area (Å²) in [5.41, 5.74) is 5.37. The second-order valence-electron chi connectivity index (χ2n) is 5.92. The zero-order chi connectivity index (χ0) is 13.0. The van der Waals surface area contributed by atoms with Crippen LogP contribution in [0, 0.1) is 6.07 Å². The molecule has 0 aromatic heterocycles. The molecule has 0 saturated carbocycles. The summed E-state index contributed by atoms with van der Waals surface area (Å²) in [6, 6.07) is 14.2. The third-order valence-electron chi connectivity index (χ3n) is 4.17. The van der Waals surface area contributed by atoms with Crippen molar-refractivity contribution < 1.29 is 0 Å². The van der Waals surface area contributed by atoms with Crippen LogP contribution in [0.2, 0.25) is 0 Å². The van der Waals surface area contributed by atoms with Crippen LogP contribution < -0.4 is 10.4 Å². The van der Waals surface area contributed by atoms with Gasteiger partial charge in [0.2, 0.25) is 0 Å². The Hall–Kier alpha value is -2.08. The largest absolute Gasteiger partial charge is 0.0744 e. The fraction of sp³-hybridized carbons (Fsp3) is 0.158. The predicted octanol–water partition coefficient (Wildman–Crippen LogP) is 2.92. The molecule has 2 aliphatic rings. The molecule has 0 heteroatoms. The van der Waals surface area contributed by atoms with Gasteiger partial charge < -0.3 is 0 Å². The van der Waals surface area contributed by atoms with Gasteiger partial charge in [0.15, 0.2) is 0 Å². The third-order valence-corrected chi connectivity index (χ3v) is 4.17. The maximum atomic E-state index is 3.37. The molecule has 0 heterocycles. The van der Waals surface area contributed by atoms with Gasteiger partial charge in [-0.25, -0.2) is 0 Å². The van der Waals surface area contributed by atoms with Gasteiger partial charge in [-0.15, -0.1) is 0 Å². The Bertz CT molecular complexity index is 833. The Morgan fingerprint density at radius 3 is 2.89 bits per heavy atom. The van der Waals surface area contributed by atoms with Crippen molar-refractivity contribution in [1.82, 2.24) is 0 Å². The minimum absolute atomic E-state index is 0.117. The first-order valence-corrected chi connectivity index (χ1v) is 6.72. The lowest BCUT2D eigenvalue weighted by molar-refractivity contribution is 0.661. The fourth-order valence-corrected chi connectivity index (χ4v) is 3.12. The molecule has 0 amide bonds. The van der Waals surface area contributed by atoms with E-state index in [1.165, 1.54) is 32.7 Å². The van der Waals surface area contributed by atoms with Crippen molar-refractivity contribution in [2.75, 3.05) is 0 Å². The molecule has 2 aliphatic carbocycles. The summed E-state index contributed by atoms with van der Waals surface area (Å²) in [7, 11) is 0. The maximum Gasteiger partial charge on any atom is 0.00845 e. The van der Waals surface area contributed by atoms with Crippen molar-refractivity contribution in [2.24, 2.45) is 0 Å². The summed E-state index contributed by atoms with van der Waals surface area (Å²) in [4.78, 5) is 0. The third kappa shape index (κ3) is 1.46. The van der Waals surface area contributed by atoms with Crippen molar-refractivity contribution in [3.8, 4) is 11.1 Å². The lowest BCUT2D eigenvalue weighted by Crippen LogP contribution is -2.29. The van der Waals surface area contributed by atoms with Crippen LogP contribution in [0.25, 0.3) is 23.3 Å². The van der Waals surface area contributed by atoms with Gasteiger partial charge in [-0.05, 0) is 57.0 Å². The molecule has 0 nitrogen and oxygen atoms in total. The van der Waals surface area contributed by atoms with Gasteiger partial charge in [0.25, 0.3) is 0 Å². The molecular weight excluding hydrogens is 228 g/mol. The van der Waals surface area contributed by atoms with Crippen LogP contribution in [0.3, 0.4) is 0 Å². The summed E-state index contributed by atoms with van der Waals surface area (Å²) >= 11 is 0. The van der Waals surface area contributed by atoms with E-state index in [1.54, 1.807) is 0 Å². The minimum Gasteiger partial charge on any atom is -0.0744 e. The Kier molecular flexibility index (Phi) is 1.98.